The maximum Gasteiger partial charge on any atom is 0.0107 e. The largest absolute Gasteiger partial charge is 0.457 e. The molecule has 7 nitrogen and oxygen atoms in total. The third kappa shape index (κ3) is 13.2. The smallest absolute Gasteiger partial charge is 0.0107 e. The van der Waals surface area contributed by atoms with Gasteiger partial charge in [-0.3, -0.25) is 0 Å². The fraction of sp³-hybridized carbons (Fsp3) is 0.273. The number of nitrogen functional groups attached to an aromatic ring is 1. The summed E-state index contributed by atoms with van der Waals surface area (Å²) in [5.74, 6) is 0.572. The second kappa shape index (κ2) is 26.6. The van der Waals surface area contributed by atoms with E-state index >= 15 is 0 Å². The number of pyridine rings is 1. The van der Waals surface area contributed by atoms with Gasteiger partial charge in [-0.1, -0.05) is 37.7 Å². The van der Waals surface area contributed by atoms with Crippen LogP contribution < -0.4 is 10.7 Å². The van der Waals surface area contributed by atoms with Gasteiger partial charge in [0.25, 0.3) is 0 Å². The van der Waals surface area contributed by atoms with Gasteiger partial charge in [-0.2, -0.15) is 0 Å². The average Bonchev–Trinajstić information content (AvgIpc) is 2.94. The van der Waals surface area contributed by atoms with Crippen LogP contribution in [0.2, 0.25) is 0 Å². The van der Waals surface area contributed by atoms with Crippen LogP contribution in [0.3, 0.4) is 0 Å². The zero-order valence-electron chi connectivity index (χ0n) is 14.8. The number of hydrogen-bond donors (Lipinski definition) is 1. The van der Waals surface area contributed by atoms with Crippen molar-refractivity contribution in [3.05, 3.63) is 23.8 Å². The summed E-state index contributed by atoms with van der Waals surface area (Å²) in [6, 6.07) is 0. The molecule has 0 bridgehead atoms. The molecule has 0 amide bonds. The van der Waals surface area contributed by atoms with E-state index in [1.54, 1.807) is 0 Å². The van der Waals surface area contributed by atoms with Gasteiger partial charge in [-0.15, -0.1) is 11.1 Å². The molecule has 0 aliphatic rings. The van der Waals surface area contributed by atoms with E-state index in [1.165, 1.54) is 4.68 Å². The van der Waals surface area contributed by atoms with E-state index in [4.69, 9.17) is 5.73 Å². The molecule has 3 aromatic heterocycles. The molecule has 10 radical (unpaired) electrons. The number of imidazole rings is 1. The number of hydrogen-bond acceptors (Lipinski definition) is 5. The first-order valence-electron chi connectivity index (χ1n) is 5.51. The molecular formula is C11H10N7V7Y3-3. The Balaban J connectivity index is -0.0000000667. The van der Waals surface area contributed by atoms with Crippen LogP contribution in [0.1, 0.15) is 18.2 Å². The molecule has 0 saturated carbocycles. The minimum Gasteiger partial charge on any atom is -0.457 e. The Bertz CT molecular complexity index is 744. The van der Waals surface area contributed by atoms with E-state index in [-0.39, 0.29) is 234 Å². The molecule has 136 valence electrons. The van der Waals surface area contributed by atoms with E-state index in [9.17, 15) is 0 Å². The van der Waals surface area contributed by atoms with Crippen molar-refractivity contribution in [1.82, 2.24) is 29.7 Å². The third-order valence-corrected chi connectivity index (χ3v) is 2.77. The molecule has 3 heterocycles. The summed E-state index contributed by atoms with van der Waals surface area (Å²) in [7, 11) is 0. The maximum absolute atomic E-state index is 5.65. The van der Waals surface area contributed by atoms with Crippen LogP contribution in [0, 0.1) is 19.4 Å². The Hall–Kier alpha value is 4.96. The van der Waals surface area contributed by atoms with Crippen LogP contribution in [0.15, 0.2) is 0 Å². The predicted octanol–water partition coefficient (Wildman–Crippen LogP) is 0.196. The molecule has 0 unspecified atom stereocenters. The zero-order valence-corrected chi connectivity index (χ0v) is 33.1. The minimum absolute atomic E-state index is 0. The van der Waals surface area contributed by atoms with E-state index in [1.807, 2.05) is 6.92 Å². The number of nitrogens with two attached hydrogens (primary N) is 1. The fourth-order valence-electron chi connectivity index (χ4n) is 1.88. The van der Waals surface area contributed by atoms with Gasteiger partial charge in [0.1, 0.15) is 0 Å². The second-order valence-corrected chi connectivity index (χ2v) is 3.84. The van der Waals surface area contributed by atoms with Gasteiger partial charge in [0, 0.05) is 234 Å². The van der Waals surface area contributed by atoms with Gasteiger partial charge in [-0.25, -0.2) is 0 Å². The third-order valence-electron chi connectivity index (χ3n) is 2.77. The molecule has 28 heavy (non-hydrogen) atoms. The van der Waals surface area contributed by atoms with Crippen LogP contribution in [-0.4, -0.2) is 24.7 Å². The molecule has 0 spiro atoms. The summed E-state index contributed by atoms with van der Waals surface area (Å²) in [6.07, 6.45) is 6.11. The molecule has 17 heteroatoms. The van der Waals surface area contributed by atoms with Crippen molar-refractivity contribution in [2.24, 2.45) is 0 Å². The van der Waals surface area contributed by atoms with Crippen molar-refractivity contribution in [2.45, 2.75) is 20.3 Å². The fourth-order valence-corrected chi connectivity index (χ4v) is 1.88. The first-order chi connectivity index (χ1) is 8.70. The molecule has 3 aromatic rings. The quantitative estimate of drug-likeness (QED) is 0.371. The standard InChI is InChI=1S/C11H10N7.7V.3Y/c1-3-7-6(2)13-4-8-9(7)17-11(16-8)18-10(12)14-5-15-18;;;;;;;;;;/h3H2,1-2H3,(H2-,12,14,15,16,17);;;;;;;;;;/q-3;;;;;;;;;;. The Kier molecular flexibility index (Phi) is 51.3. The molecule has 0 saturated heterocycles. The molecule has 0 aromatic carbocycles. The minimum atomic E-state index is 0. The number of nitrogens with zero attached hydrogens (tertiary/aromatic N) is 6. The predicted molar refractivity (Wildman–Crippen MR) is 64.0 cm³/mol. The molecule has 0 aliphatic heterocycles. The van der Waals surface area contributed by atoms with Crippen molar-refractivity contribution >= 4 is 17.0 Å². The Morgan fingerprint density at radius 3 is 1.93 bits per heavy atom. The van der Waals surface area contributed by atoms with Crippen molar-refractivity contribution in [3.8, 4) is 5.95 Å². The monoisotopic (exact) mass is 863 g/mol. The van der Waals surface area contributed by atoms with Gasteiger partial charge in [-0.05, 0) is 12.3 Å². The summed E-state index contributed by atoms with van der Waals surface area (Å²) in [5, 5.41) is 3.86. The zero-order chi connectivity index (χ0) is 12.7. The van der Waals surface area contributed by atoms with E-state index in [2.05, 4.69) is 44.5 Å². The normalized spacial score (nSPS) is 7.21. The van der Waals surface area contributed by atoms with Crippen LogP contribution in [0.25, 0.3) is 17.0 Å². The number of aromatic nitrogens is 6. The number of aryl methyl sites for hydroxylation is 2. The van der Waals surface area contributed by atoms with Gasteiger partial charge >= 0.3 is 0 Å². The Morgan fingerprint density at radius 1 is 0.964 bits per heavy atom. The van der Waals surface area contributed by atoms with Crippen molar-refractivity contribution in [3.63, 3.8) is 0 Å². The summed E-state index contributed by atoms with van der Waals surface area (Å²) in [6.45, 7) is 3.98. The second-order valence-electron chi connectivity index (χ2n) is 3.84. The van der Waals surface area contributed by atoms with Gasteiger partial charge < -0.3 is 35.5 Å². The first kappa shape index (κ1) is 54.0. The summed E-state index contributed by atoms with van der Waals surface area (Å²) in [4.78, 5) is 16.6. The van der Waals surface area contributed by atoms with Crippen molar-refractivity contribution < 1.29 is 228 Å². The van der Waals surface area contributed by atoms with E-state index < -0.39 is 0 Å². The molecular weight excluding hydrogens is 853 g/mol. The van der Waals surface area contributed by atoms with Crippen LogP contribution in [0.5, 0.6) is 0 Å². The van der Waals surface area contributed by atoms with Crippen LogP contribution in [-0.2, 0) is 234 Å². The number of fused-ring (bicyclic) bond motifs is 1. The Morgan fingerprint density at radius 2 is 1.50 bits per heavy atom. The van der Waals surface area contributed by atoms with Crippen molar-refractivity contribution in [2.75, 3.05) is 5.73 Å². The maximum atomic E-state index is 5.65. The molecule has 2 N–H and O–H groups in total. The Labute approximate surface area is 323 Å². The molecule has 0 fully saturated rings. The van der Waals surface area contributed by atoms with E-state index in [0.717, 1.165) is 23.2 Å². The molecule has 0 atom stereocenters. The van der Waals surface area contributed by atoms with Crippen LogP contribution in [0.4, 0.5) is 5.95 Å². The van der Waals surface area contributed by atoms with E-state index in [0.29, 0.717) is 11.5 Å². The summed E-state index contributed by atoms with van der Waals surface area (Å²) in [5.41, 5.74) is 9.02. The SMILES string of the molecule is CCc1c(C)n[c-]c2nc(-n3n[c-]nc3N)[n-]c12.[V].[V].[V].[V].[V].[V].[V].[Y].[Y].[Y]. The van der Waals surface area contributed by atoms with Crippen LogP contribution >= 0.6 is 0 Å². The number of anilines is 1. The topological polar surface area (TPSA) is 96.6 Å². The molecule has 3 rings (SSSR count). The summed E-state index contributed by atoms with van der Waals surface area (Å²) >= 11 is 0. The van der Waals surface area contributed by atoms with Gasteiger partial charge in [0.2, 0.25) is 0 Å². The molecule has 0 aliphatic carbocycles. The average molecular weight is 864 g/mol. The first-order valence-corrected chi connectivity index (χ1v) is 5.51. The van der Waals surface area contributed by atoms with Crippen molar-refractivity contribution in [1.29, 1.82) is 0 Å². The van der Waals surface area contributed by atoms with Gasteiger partial charge in [0.15, 0.2) is 0 Å². The van der Waals surface area contributed by atoms with Gasteiger partial charge in [0.05, 0.1) is 0 Å². The summed E-state index contributed by atoms with van der Waals surface area (Å²) < 4.78 is 1.34. The number of rotatable bonds is 2.